The molecule has 1 saturated heterocycles. The molecule has 0 spiro atoms. The number of piperidine rings is 1. The summed E-state index contributed by atoms with van der Waals surface area (Å²) in [7, 11) is 17.2. The van der Waals surface area contributed by atoms with E-state index in [4.69, 9.17) is 30.1 Å². The normalized spacial score (nSPS) is 20.8. The van der Waals surface area contributed by atoms with Crippen molar-refractivity contribution in [2.75, 3.05) is 18.0 Å². The number of hydrogen-bond donors (Lipinski definition) is 0. The molecular formula is C11H13Cl3N2S2Zn. The topological polar surface area (TPSA) is 15.6 Å². The molecule has 0 radical (unpaired) electrons. The van der Waals surface area contributed by atoms with E-state index in [-0.39, 0.29) is 8.94 Å². The first-order chi connectivity index (χ1) is 9.24. The number of hydrogen-bond acceptors (Lipinski definition) is 3. The average molecular weight is 409 g/mol. The van der Waals surface area contributed by atoms with Crippen molar-refractivity contribution in [2.45, 2.75) is 24.2 Å². The summed E-state index contributed by atoms with van der Waals surface area (Å²) in [5.74, 6) is 0. The summed E-state index contributed by atoms with van der Waals surface area (Å²) in [6, 6.07) is 6.51. The third-order valence-electron chi connectivity index (χ3n) is 2.99. The maximum absolute atomic E-state index is 6.03. The van der Waals surface area contributed by atoms with Crippen LogP contribution in [0, 0.1) is 0 Å². The number of nitrogens with zero attached hydrogens (tertiary/aromatic N) is 2. The van der Waals surface area contributed by atoms with Crippen LogP contribution in [-0.4, -0.2) is 13.1 Å². The Balaban J connectivity index is 0.000000408. The molecule has 0 aliphatic carbocycles. The molecule has 8 heteroatoms. The van der Waals surface area contributed by atoms with Crippen LogP contribution >= 0.6 is 40.9 Å². The first-order valence-corrected chi connectivity index (χ1v) is 17.2. The van der Waals surface area contributed by atoms with Gasteiger partial charge in [0.2, 0.25) is 0 Å². The molecule has 19 heavy (non-hydrogen) atoms. The van der Waals surface area contributed by atoms with Gasteiger partial charge in [-0.1, -0.05) is 0 Å². The van der Waals surface area contributed by atoms with Crippen LogP contribution in [-0.2, 0) is 24.1 Å². The third kappa shape index (κ3) is 4.76. The van der Waals surface area contributed by atoms with Gasteiger partial charge in [0.25, 0.3) is 0 Å². The predicted octanol–water partition coefficient (Wildman–Crippen LogP) is 5.66. The predicted molar refractivity (Wildman–Crippen MR) is 85.4 cm³/mol. The van der Waals surface area contributed by atoms with E-state index in [1.54, 1.807) is 10.8 Å². The molecule has 0 saturated carbocycles. The van der Waals surface area contributed by atoms with Crippen molar-refractivity contribution < 1.29 is 15.1 Å². The summed E-state index contributed by atoms with van der Waals surface area (Å²) in [5, 5.41) is 0. The van der Waals surface area contributed by atoms with E-state index in [2.05, 4.69) is 27.5 Å². The van der Waals surface area contributed by atoms with Crippen LogP contribution in [0.25, 0.3) is 0 Å². The van der Waals surface area contributed by atoms with Crippen LogP contribution in [0.4, 0.5) is 11.4 Å². The molecule has 0 bridgehead atoms. The van der Waals surface area contributed by atoms with Crippen molar-refractivity contribution in [3.8, 4) is 0 Å². The number of benzene rings is 1. The van der Waals surface area contributed by atoms with Crippen molar-refractivity contribution in [3.63, 3.8) is 0 Å². The maximum atomic E-state index is 6.03. The van der Waals surface area contributed by atoms with E-state index in [0.717, 1.165) is 5.69 Å². The quantitative estimate of drug-likeness (QED) is 0.440. The second kappa shape index (κ2) is 8.45. The Kier molecular flexibility index (Phi) is 7.29. The van der Waals surface area contributed by atoms with Gasteiger partial charge in [0.15, 0.2) is 0 Å². The molecular weight excluding hydrogens is 396 g/mol. The van der Waals surface area contributed by atoms with Crippen LogP contribution in [0.15, 0.2) is 27.5 Å². The first-order valence-electron chi connectivity index (χ1n) is 6.06. The fourth-order valence-electron chi connectivity index (χ4n) is 2.16. The first kappa shape index (κ1) is 16.4. The molecule has 0 N–H and O–H groups in total. The molecule has 1 unspecified atom stereocenters. The Bertz CT molecular complexity index is 467. The molecule has 1 atom stereocenters. The molecule has 0 aromatic heterocycles. The number of halogens is 3. The van der Waals surface area contributed by atoms with Gasteiger partial charge in [-0.2, -0.15) is 0 Å². The van der Waals surface area contributed by atoms with E-state index >= 15 is 0 Å². The molecule has 2 nitrogen and oxygen atoms in total. The molecule has 2 aliphatic heterocycles. The van der Waals surface area contributed by atoms with E-state index < -0.39 is 15.1 Å². The monoisotopic (exact) mass is 406 g/mol. The molecule has 1 aromatic carbocycles. The van der Waals surface area contributed by atoms with Crippen molar-refractivity contribution in [1.29, 1.82) is 0 Å². The summed E-state index contributed by atoms with van der Waals surface area (Å²) >= 11 is -0.931. The van der Waals surface area contributed by atoms with E-state index in [0.29, 0.717) is 0 Å². The van der Waals surface area contributed by atoms with Crippen LogP contribution in [0.2, 0.25) is 0 Å². The molecule has 0 amide bonds. The van der Waals surface area contributed by atoms with Gasteiger partial charge >= 0.3 is 34.5 Å². The van der Waals surface area contributed by atoms with Crippen molar-refractivity contribution in [1.82, 2.24) is 0 Å². The number of rotatable bonds is 1. The Morgan fingerprint density at radius 1 is 1.21 bits per heavy atom. The summed E-state index contributed by atoms with van der Waals surface area (Å²) in [4.78, 5) is 3.70. The zero-order valence-electron chi connectivity index (χ0n) is 10.3. The Hall–Kier alpha value is 1.01. The van der Waals surface area contributed by atoms with Gasteiger partial charge in [0.05, 0.1) is 14.6 Å². The SMILES string of the molecule is ClS1=Nc2ccc(N3CCCCC3)cc2S1.[Cl][Zn][Cl]. The Labute approximate surface area is 140 Å². The molecule has 1 fully saturated rings. The molecule has 2 heterocycles. The standard InChI is InChI=1S/C11H13ClN2S2.2ClH.Zn/c12-16-13-10-5-4-9(8-11(10)15-16)14-6-2-1-3-7-14;;;/h4-5,8H,1-3,6-7H2;2*1H;/q;;;+2/p-2. The second-order valence-electron chi connectivity index (χ2n) is 4.18. The van der Waals surface area contributed by atoms with Gasteiger partial charge < -0.3 is 4.90 Å². The summed E-state index contributed by atoms with van der Waals surface area (Å²) < 4.78 is 4.38. The zero-order valence-corrected chi connectivity index (χ0v) is 17.2. The Morgan fingerprint density at radius 3 is 2.58 bits per heavy atom. The van der Waals surface area contributed by atoms with Gasteiger partial charge in [-0.25, -0.2) is 4.36 Å². The number of anilines is 1. The van der Waals surface area contributed by atoms with Crippen molar-refractivity contribution in [2.24, 2.45) is 4.36 Å². The molecule has 1 aromatic rings. The minimum absolute atomic E-state index is 0.387. The van der Waals surface area contributed by atoms with Crippen LogP contribution in [0.5, 0.6) is 0 Å². The van der Waals surface area contributed by atoms with Crippen LogP contribution < -0.4 is 4.90 Å². The Morgan fingerprint density at radius 2 is 1.89 bits per heavy atom. The summed E-state index contributed by atoms with van der Waals surface area (Å²) in [5.41, 5.74) is 2.39. The fraction of sp³-hybridized carbons (Fsp3) is 0.455. The molecule has 102 valence electrons. The van der Waals surface area contributed by atoms with Gasteiger partial charge in [-0.05, 0) is 58.9 Å². The van der Waals surface area contributed by atoms with Gasteiger partial charge in [-0.15, -0.1) is 0 Å². The summed E-state index contributed by atoms with van der Waals surface area (Å²) in [6.45, 7) is 2.38. The van der Waals surface area contributed by atoms with E-state index in [9.17, 15) is 0 Å². The van der Waals surface area contributed by atoms with Gasteiger partial charge in [0, 0.05) is 23.7 Å². The zero-order chi connectivity index (χ0) is 13.7. The van der Waals surface area contributed by atoms with Gasteiger partial charge in [0.1, 0.15) is 0 Å². The van der Waals surface area contributed by atoms with Crippen molar-refractivity contribution in [3.05, 3.63) is 18.2 Å². The van der Waals surface area contributed by atoms with Crippen LogP contribution in [0.1, 0.15) is 19.3 Å². The summed E-state index contributed by atoms with van der Waals surface area (Å²) in [6.07, 6.45) is 4.00. The van der Waals surface area contributed by atoms with Crippen molar-refractivity contribution >= 4 is 61.2 Å². The van der Waals surface area contributed by atoms with E-state index in [1.165, 1.54) is 42.9 Å². The molecule has 2 aliphatic rings. The number of fused-ring (bicyclic) bond motifs is 1. The van der Waals surface area contributed by atoms with Gasteiger partial charge in [-0.3, -0.25) is 0 Å². The average Bonchev–Trinajstić information content (AvgIpc) is 2.79. The third-order valence-corrected chi connectivity index (χ3v) is 5.93. The second-order valence-corrected chi connectivity index (χ2v) is 12.9. The van der Waals surface area contributed by atoms with E-state index in [1.807, 2.05) is 0 Å². The minimum atomic E-state index is -0.931. The fourth-order valence-corrected chi connectivity index (χ4v) is 5.12. The van der Waals surface area contributed by atoms with Crippen LogP contribution in [0.3, 0.4) is 0 Å². The molecule has 3 rings (SSSR count).